The third kappa shape index (κ3) is 1.53. The molecule has 0 atom stereocenters. The Balaban J connectivity index is 2.16. The lowest BCUT2D eigenvalue weighted by molar-refractivity contribution is 0.959. The maximum Gasteiger partial charge on any atom is 0.213 e. The van der Waals surface area contributed by atoms with Crippen molar-refractivity contribution in [3.63, 3.8) is 0 Å². The Labute approximate surface area is 97.0 Å². The normalized spacial score (nSPS) is 11.0. The van der Waals surface area contributed by atoms with E-state index in [1.54, 1.807) is 23.1 Å². The van der Waals surface area contributed by atoms with Gasteiger partial charge in [0.1, 0.15) is 11.4 Å². The van der Waals surface area contributed by atoms with E-state index < -0.39 is 0 Å². The molecule has 0 aliphatic rings. The van der Waals surface area contributed by atoms with E-state index in [1.807, 2.05) is 6.20 Å². The van der Waals surface area contributed by atoms with E-state index in [-0.39, 0.29) is 0 Å². The second-order valence-corrected chi connectivity index (χ2v) is 5.03. The Bertz CT molecular complexity index is 570. The van der Waals surface area contributed by atoms with Crippen molar-refractivity contribution >= 4 is 32.2 Å². The molecule has 0 bridgehead atoms. The summed E-state index contributed by atoms with van der Waals surface area (Å²) >= 11 is 4.78. The maximum absolute atomic E-state index is 4.39. The maximum atomic E-state index is 4.39. The van der Waals surface area contributed by atoms with Crippen LogP contribution in [0.25, 0.3) is 16.3 Å². The molecular formula is C8H4BrN5S. The quantitative estimate of drug-likeness (QED) is 0.685. The fourth-order valence-corrected chi connectivity index (χ4v) is 2.45. The molecule has 74 valence electrons. The molecule has 0 N–H and O–H groups in total. The third-order valence-corrected chi connectivity index (χ3v) is 3.20. The van der Waals surface area contributed by atoms with Gasteiger partial charge in [0.2, 0.25) is 4.96 Å². The van der Waals surface area contributed by atoms with E-state index in [2.05, 4.69) is 36.0 Å². The molecule has 15 heavy (non-hydrogen) atoms. The Morgan fingerprint density at radius 2 is 2.20 bits per heavy atom. The van der Waals surface area contributed by atoms with Crippen LogP contribution in [-0.2, 0) is 0 Å². The predicted octanol–water partition coefficient (Wildman–Crippen LogP) is 2.01. The third-order valence-electron chi connectivity index (χ3n) is 1.84. The molecule has 0 saturated heterocycles. The van der Waals surface area contributed by atoms with Crippen LogP contribution in [0.3, 0.4) is 0 Å². The average molecular weight is 282 g/mol. The lowest BCUT2D eigenvalue weighted by atomic mass is 10.3. The Hall–Kier alpha value is -1.34. The minimum absolute atomic E-state index is 0.756. The molecule has 0 radical (unpaired) electrons. The second-order valence-electron chi connectivity index (χ2n) is 2.80. The highest BCUT2D eigenvalue weighted by molar-refractivity contribution is 9.11. The molecule has 0 unspecified atom stereocenters. The van der Waals surface area contributed by atoms with Crippen molar-refractivity contribution in [2.45, 2.75) is 0 Å². The van der Waals surface area contributed by atoms with Crippen molar-refractivity contribution in [3.8, 4) is 11.4 Å². The van der Waals surface area contributed by atoms with Gasteiger partial charge in [0.05, 0.1) is 12.4 Å². The van der Waals surface area contributed by atoms with E-state index in [0.29, 0.717) is 0 Å². The van der Waals surface area contributed by atoms with Crippen LogP contribution in [0.5, 0.6) is 0 Å². The number of fused-ring (bicyclic) bond motifs is 1. The van der Waals surface area contributed by atoms with Gasteiger partial charge in [-0.1, -0.05) is 11.3 Å². The van der Waals surface area contributed by atoms with Gasteiger partial charge in [-0.05, 0) is 15.9 Å². The molecule has 5 nitrogen and oxygen atoms in total. The van der Waals surface area contributed by atoms with Gasteiger partial charge in [0, 0.05) is 12.4 Å². The number of hydrogen-bond donors (Lipinski definition) is 0. The number of aromatic nitrogens is 5. The fraction of sp³-hybridized carbons (Fsp3) is 0. The van der Waals surface area contributed by atoms with E-state index in [0.717, 1.165) is 20.3 Å². The summed E-state index contributed by atoms with van der Waals surface area (Å²) in [5.74, 6) is 0. The number of nitrogens with zero attached hydrogens (tertiary/aromatic N) is 5. The summed E-state index contributed by atoms with van der Waals surface area (Å²) in [6.07, 6.45) is 6.80. The molecule has 0 aliphatic heterocycles. The molecule has 0 spiro atoms. The van der Waals surface area contributed by atoms with Gasteiger partial charge in [0.25, 0.3) is 0 Å². The molecule has 0 fully saturated rings. The van der Waals surface area contributed by atoms with Crippen molar-refractivity contribution in [2.75, 3.05) is 0 Å². The van der Waals surface area contributed by atoms with E-state index in [4.69, 9.17) is 0 Å². The molecule has 0 saturated carbocycles. The van der Waals surface area contributed by atoms with Crippen LogP contribution in [0.4, 0.5) is 0 Å². The second kappa shape index (κ2) is 3.35. The first-order valence-corrected chi connectivity index (χ1v) is 5.72. The van der Waals surface area contributed by atoms with Crippen molar-refractivity contribution in [2.24, 2.45) is 0 Å². The minimum atomic E-state index is 0.756. The standard InChI is InChI=1S/C8H4BrN5S/c9-7-13-14-4-6(12-8(14)15-7)5-3-10-1-2-11-5/h1-4H. The van der Waals surface area contributed by atoms with Gasteiger partial charge in [-0.25, -0.2) is 9.50 Å². The summed E-state index contributed by atoms with van der Waals surface area (Å²) in [5.41, 5.74) is 1.54. The Morgan fingerprint density at radius 1 is 1.27 bits per heavy atom. The van der Waals surface area contributed by atoms with Crippen molar-refractivity contribution in [1.82, 2.24) is 24.6 Å². The summed E-state index contributed by atoms with van der Waals surface area (Å²) in [6.45, 7) is 0. The molecule has 3 rings (SSSR count). The van der Waals surface area contributed by atoms with Crippen LogP contribution in [0.1, 0.15) is 0 Å². The van der Waals surface area contributed by atoms with Gasteiger partial charge < -0.3 is 0 Å². The van der Waals surface area contributed by atoms with Crippen LogP contribution in [0.2, 0.25) is 0 Å². The van der Waals surface area contributed by atoms with Gasteiger partial charge in [0.15, 0.2) is 3.92 Å². The van der Waals surface area contributed by atoms with Crippen LogP contribution in [0, 0.1) is 0 Å². The zero-order valence-electron chi connectivity index (χ0n) is 7.33. The van der Waals surface area contributed by atoms with Gasteiger partial charge >= 0.3 is 0 Å². The molecule has 7 heteroatoms. The first-order valence-electron chi connectivity index (χ1n) is 4.11. The van der Waals surface area contributed by atoms with Crippen LogP contribution < -0.4 is 0 Å². The Kier molecular flexibility index (Phi) is 2.00. The smallest absolute Gasteiger partial charge is 0.213 e. The molecule has 3 aromatic heterocycles. The number of rotatable bonds is 1. The molecular weight excluding hydrogens is 278 g/mol. The van der Waals surface area contributed by atoms with Crippen molar-refractivity contribution < 1.29 is 0 Å². The highest BCUT2D eigenvalue weighted by Crippen LogP contribution is 2.22. The zero-order chi connectivity index (χ0) is 10.3. The van der Waals surface area contributed by atoms with E-state index in [9.17, 15) is 0 Å². The van der Waals surface area contributed by atoms with E-state index >= 15 is 0 Å². The fourth-order valence-electron chi connectivity index (χ4n) is 1.23. The highest BCUT2D eigenvalue weighted by Gasteiger charge is 2.08. The van der Waals surface area contributed by atoms with Crippen molar-refractivity contribution in [1.29, 1.82) is 0 Å². The average Bonchev–Trinajstić information content (AvgIpc) is 2.76. The lowest BCUT2D eigenvalue weighted by Gasteiger charge is -1.90. The molecule has 0 aliphatic carbocycles. The van der Waals surface area contributed by atoms with Crippen molar-refractivity contribution in [3.05, 3.63) is 28.7 Å². The van der Waals surface area contributed by atoms with Gasteiger partial charge in [-0.15, -0.1) is 5.10 Å². The highest BCUT2D eigenvalue weighted by atomic mass is 79.9. The zero-order valence-corrected chi connectivity index (χ0v) is 9.73. The van der Waals surface area contributed by atoms with Gasteiger partial charge in [-0.2, -0.15) is 0 Å². The van der Waals surface area contributed by atoms with E-state index in [1.165, 1.54) is 11.3 Å². The summed E-state index contributed by atoms with van der Waals surface area (Å²) in [7, 11) is 0. The summed E-state index contributed by atoms with van der Waals surface area (Å²) in [4.78, 5) is 13.4. The SMILES string of the molecule is Brc1nn2cc(-c3cnccn3)nc2s1. The van der Waals surface area contributed by atoms with Gasteiger partial charge in [-0.3, -0.25) is 9.97 Å². The van der Waals surface area contributed by atoms with Crippen LogP contribution >= 0.6 is 27.3 Å². The largest absolute Gasteiger partial charge is 0.261 e. The summed E-state index contributed by atoms with van der Waals surface area (Å²) in [6, 6.07) is 0. The minimum Gasteiger partial charge on any atom is -0.261 e. The molecule has 0 aromatic carbocycles. The topological polar surface area (TPSA) is 56.0 Å². The Morgan fingerprint density at radius 3 is 2.93 bits per heavy atom. The molecule has 3 heterocycles. The lowest BCUT2D eigenvalue weighted by Crippen LogP contribution is -1.83. The predicted molar refractivity (Wildman–Crippen MR) is 59.6 cm³/mol. The molecule has 3 aromatic rings. The first kappa shape index (κ1) is 8.93. The number of halogens is 1. The van der Waals surface area contributed by atoms with Crippen LogP contribution in [-0.4, -0.2) is 24.6 Å². The summed E-state index contributed by atoms with van der Waals surface area (Å²) in [5, 5.41) is 4.20. The van der Waals surface area contributed by atoms with Crippen LogP contribution in [0.15, 0.2) is 28.7 Å². The number of imidazole rings is 1. The monoisotopic (exact) mass is 281 g/mol. The first-order chi connectivity index (χ1) is 7.33. The molecule has 0 amide bonds. The number of hydrogen-bond acceptors (Lipinski definition) is 5. The summed E-state index contributed by atoms with van der Waals surface area (Å²) < 4.78 is 2.54.